The number of fused-ring (bicyclic) bond motifs is 10. The number of rotatable bonds is 4. The van der Waals surface area contributed by atoms with E-state index in [2.05, 4.69) is 150 Å². The zero-order valence-corrected chi connectivity index (χ0v) is 27.9. The lowest BCUT2D eigenvalue weighted by Gasteiger charge is -2.37. The van der Waals surface area contributed by atoms with Gasteiger partial charge in [0.15, 0.2) is 5.58 Å². The van der Waals surface area contributed by atoms with Crippen molar-refractivity contribution in [2.75, 3.05) is 0 Å². The van der Waals surface area contributed by atoms with Crippen LogP contribution in [-0.2, 0) is 0 Å². The van der Waals surface area contributed by atoms with E-state index < -0.39 is 0 Å². The molecular weight excluding hydrogens is 637 g/mol. The summed E-state index contributed by atoms with van der Waals surface area (Å²) in [5.41, 5.74) is 13.7. The lowest BCUT2D eigenvalue weighted by Crippen LogP contribution is -1.99. The van der Waals surface area contributed by atoms with Crippen LogP contribution >= 0.6 is 0 Å². The van der Waals surface area contributed by atoms with Crippen molar-refractivity contribution in [1.82, 2.24) is 14.5 Å². The molecule has 11 rings (SSSR count). The fourth-order valence-corrected chi connectivity index (χ4v) is 7.86. The first-order valence-corrected chi connectivity index (χ1v) is 17.6. The van der Waals surface area contributed by atoms with Gasteiger partial charge in [-0.2, -0.15) is 0 Å². The molecule has 0 saturated carbocycles. The monoisotopic (exact) mass is 665 g/mol. The van der Waals surface area contributed by atoms with Crippen LogP contribution in [0.5, 0.6) is 0 Å². The van der Waals surface area contributed by atoms with Crippen LogP contribution in [0.2, 0.25) is 0 Å². The largest absolute Gasteiger partial charge is 0.673 e. The SMILES string of the molecule is C1=CC(c2ccccc2)[N-]c2c1ccc1ccc(-c3cccc(-n4c5ccccc5c5oc6c7ccccc7nc(-c7ccccc7)c6c54)c3)nc21. The summed E-state index contributed by atoms with van der Waals surface area (Å²) in [6.07, 6.45) is 4.34. The fraction of sp³-hybridized carbons (Fsp3) is 0.0213. The van der Waals surface area contributed by atoms with Crippen LogP contribution < -0.4 is 0 Å². The molecule has 244 valence electrons. The highest BCUT2D eigenvalue weighted by Crippen LogP contribution is 2.46. The number of benzene rings is 6. The zero-order valence-electron chi connectivity index (χ0n) is 27.9. The molecule has 5 nitrogen and oxygen atoms in total. The molecule has 0 radical (unpaired) electrons. The average Bonchev–Trinajstić information content (AvgIpc) is 3.76. The van der Waals surface area contributed by atoms with Gasteiger partial charge in [-0.05, 0) is 53.4 Å². The standard InChI is InChI=1S/C47H29N4O/c1-3-12-29(13-4-1)37-26-24-31-22-23-32-25-27-38(49-44(32)43(31)48-37)33-16-11-17-34(28-33)51-40-21-10-8-19-36(40)47-45(51)41-42(30-14-5-2-6-15-30)50-39-20-9-7-18-35(39)46(41)52-47/h1-28,37H/q-1. The van der Waals surface area contributed by atoms with Crippen LogP contribution in [0.25, 0.3) is 94.4 Å². The van der Waals surface area contributed by atoms with E-state index in [1.165, 1.54) is 5.56 Å². The molecule has 0 amide bonds. The molecule has 52 heavy (non-hydrogen) atoms. The number of hydrogen-bond acceptors (Lipinski definition) is 3. The Labute approximate surface area is 299 Å². The Morgan fingerprint density at radius 2 is 1.37 bits per heavy atom. The Balaban J connectivity index is 1.13. The third-order valence-corrected chi connectivity index (χ3v) is 10.3. The highest BCUT2D eigenvalue weighted by Gasteiger charge is 2.24. The molecule has 4 aromatic heterocycles. The Morgan fingerprint density at radius 1 is 0.615 bits per heavy atom. The topological polar surface area (TPSA) is 58.0 Å². The summed E-state index contributed by atoms with van der Waals surface area (Å²) in [6, 6.07) is 54.7. The number of aromatic nitrogens is 3. The van der Waals surface area contributed by atoms with Gasteiger partial charge in [-0.25, -0.2) is 9.97 Å². The molecule has 1 unspecified atom stereocenters. The van der Waals surface area contributed by atoms with E-state index in [4.69, 9.17) is 19.7 Å². The van der Waals surface area contributed by atoms with Crippen molar-refractivity contribution < 1.29 is 4.42 Å². The molecule has 10 aromatic rings. The Hall–Kier alpha value is -6.98. The highest BCUT2D eigenvalue weighted by atomic mass is 16.3. The minimum atomic E-state index is -0.0466. The van der Waals surface area contributed by atoms with Crippen molar-refractivity contribution in [3.63, 3.8) is 0 Å². The summed E-state index contributed by atoms with van der Waals surface area (Å²) >= 11 is 0. The molecule has 0 saturated heterocycles. The van der Waals surface area contributed by atoms with E-state index in [-0.39, 0.29) is 6.04 Å². The minimum absolute atomic E-state index is 0.0466. The van der Waals surface area contributed by atoms with E-state index in [1.54, 1.807) is 0 Å². The van der Waals surface area contributed by atoms with Gasteiger partial charge < -0.3 is 14.3 Å². The second kappa shape index (κ2) is 11.3. The van der Waals surface area contributed by atoms with Gasteiger partial charge in [0.25, 0.3) is 0 Å². The average molecular weight is 666 g/mol. The molecule has 1 atom stereocenters. The molecule has 0 N–H and O–H groups in total. The highest BCUT2D eigenvalue weighted by molar-refractivity contribution is 6.24. The van der Waals surface area contributed by atoms with Crippen molar-refractivity contribution in [2.24, 2.45) is 0 Å². The predicted molar refractivity (Wildman–Crippen MR) is 213 cm³/mol. The third-order valence-electron chi connectivity index (χ3n) is 10.3. The van der Waals surface area contributed by atoms with E-state index in [0.717, 1.165) is 94.2 Å². The van der Waals surface area contributed by atoms with E-state index in [1.807, 2.05) is 24.3 Å². The number of furan rings is 1. The van der Waals surface area contributed by atoms with E-state index >= 15 is 0 Å². The van der Waals surface area contributed by atoms with E-state index in [9.17, 15) is 0 Å². The first-order valence-electron chi connectivity index (χ1n) is 17.6. The molecular formula is C47H29N4O-. The Morgan fingerprint density at radius 3 is 2.25 bits per heavy atom. The van der Waals surface area contributed by atoms with Crippen molar-refractivity contribution in [2.45, 2.75) is 6.04 Å². The van der Waals surface area contributed by atoms with Crippen LogP contribution in [-0.4, -0.2) is 14.5 Å². The van der Waals surface area contributed by atoms with Gasteiger partial charge in [-0.15, -0.1) is 5.69 Å². The van der Waals surface area contributed by atoms with Gasteiger partial charge in [0.2, 0.25) is 0 Å². The van der Waals surface area contributed by atoms with Crippen LogP contribution in [0.15, 0.2) is 168 Å². The number of hydrogen-bond donors (Lipinski definition) is 0. The van der Waals surface area contributed by atoms with Gasteiger partial charge in [-0.1, -0.05) is 139 Å². The summed E-state index contributed by atoms with van der Waals surface area (Å²) in [5.74, 6) is 0. The maximum atomic E-state index is 6.91. The fourth-order valence-electron chi connectivity index (χ4n) is 7.86. The predicted octanol–water partition coefficient (Wildman–Crippen LogP) is 12.7. The molecule has 0 aliphatic carbocycles. The van der Waals surface area contributed by atoms with Crippen LogP contribution in [0.4, 0.5) is 5.69 Å². The van der Waals surface area contributed by atoms with Crippen LogP contribution in [0.3, 0.4) is 0 Å². The lowest BCUT2D eigenvalue weighted by molar-refractivity contribution is 0.676. The van der Waals surface area contributed by atoms with Crippen molar-refractivity contribution >= 4 is 66.5 Å². The number of para-hydroxylation sites is 2. The van der Waals surface area contributed by atoms with Gasteiger partial charge in [0.05, 0.1) is 33.3 Å². The molecule has 5 heterocycles. The van der Waals surface area contributed by atoms with Crippen molar-refractivity contribution in [3.05, 3.63) is 180 Å². The van der Waals surface area contributed by atoms with Gasteiger partial charge in [-0.3, -0.25) is 0 Å². The summed E-state index contributed by atoms with van der Waals surface area (Å²) in [7, 11) is 0. The number of pyridine rings is 2. The summed E-state index contributed by atoms with van der Waals surface area (Å²) in [6.45, 7) is 0. The Kier molecular flexibility index (Phi) is 6.25. The van der Waals surface area contributed by atoms with Gasteiger partial charge >= 0.3 is 0 Å². The molecule has 5 heteroatoms. The third kappa shape index (κ3) is 4.36. The molecule has 0 bridgehead atoms. The number of nitrogens with zero attached hydrogens (tertiary/aromatic N) is 4. The molecule has 0 fully saturated rings. The normalized spacial score (nSPS) is 14.0. The maximum absolute atomic E-state index is 6.91. The zero-order chi connectivity index (χ0) is 34.2. The van der Waals surface area contributed by atoms with Gasteiger partial charge in [0, 0.05) is 27.6 Å². The molecule has 1 aliphatic heterocycles. The molecule has 1 aliphatic rings. The van der Waals surface area contributed by atoms with Crippen molar-refractivity contribution in [1.29, 1.82) is 0 Å². The summed E-state index contributed by atoms with van der Waals surface area (Å²) in [5, 5.41) is 9.34. The Bertz CT molecular complexity index is 3050. The molecule has 0 spiro atoms. The van der Waals surface area contributed by atoms with Crippen molar-refractivity contribution in [3.8, 4) is 28.2 Å². The second-order valence-corrected chi connectivity index (χ2v) is 13.3. The van der Waals surface area contributed by atoms with Crippen LogP contribution in [0.1, 0.15) is 17.2 Å². The smallest absolute Gasteiger partial charge is 0.161 e. The quantitative estimate of drug-likeness (QED) is 0.188. The maximum Gasteiger partial charge on any atom is 0.161 e. The first-order chi connectivity index (χ1) is 25.8. The lowest BCUT2D eigenvalue weighted by atomic mass is 9.98. The second-order valence-electron chi connectivity index (χ2n) is 13.3. The molecule has 6 aromatic carbocycles. The van der Waals surface area contributed by atoms with Crippen LogP contribution in [0, 0.1) is 0 Å². The first kappa shape index (κ1) is 28.8. The summed E-state index contributed by atoms with van der Waals surface area (Å²) in [4.78, 5) is 10.6. The minimum Gasteiger partial charge on any atom is -0.673 e. The van der Waals surface area contributed by atoms with E-state index in [0.29, 0.717) is 0 Å². The summed E-state index contributed by atoms with van der Waals surface area (Å²) < 4.78 is 9.24. The van der Waals surface area contributed by atoms with Gasteiger partial charge in [0.1, 0.15) is 11.1 Å².